The van der Waals surface area contributed by atoms with E-state index in [1.54, 1.807) is 24.3 Å². The Morgan fingerprint density at radius 3 is 2.66 bits per heavy atom. The zero-order valence-corrected chi connectivity index (χ0v) is 15.2. The molecule has 0 aliphatic heterocycles. The number of hydrogen-bond donors (Lipinski definition) is 2. The molecule has 4 aromatic heterocycles. The van der Waals surface area contributed by atoms with Crippen LogP contribution in [0.25, 0.3) is 28.3 Å². The van der Waals surface area contributed by atoms with Crippen LogP contribution in [0.4, 0.5) is 5.95 Å². The standard InChI is InChI=1S/C19H15N7O3/c1-10-4-6-11(7-5-10)14(18(27)28)25-17-12(9-21-25)16-22-15(13-3-2-8-29-13)24-26(16)19(20)23-17/h2-9,14H,1H3,(H2,20,23)(H,27,28). The summed E-state index contributed by atoms with van der Waals surface area (Å²) in [5.41, 5.74) is 8.41. The Balaban J connectivity index is 1.73. The van der Waals surface area contributed by atoms with Crippen molar-refractivity contribution in [1.82, 2.24) is 29.4 Å². The molecule has 0 aliphatic carbocycles. The number of carboxylic acids is 1. The lowest BCUT2D eigenvalue weighted by atomic mass is 10.1. The van der Waals surface area contributed by atoms with Gasteiger partial charge in [0, 0.05) is 0 Å². The molecule has 0 saturated heterocycles. The van der Waals surface area contributed by atoms with Crippen molar-refractivity contribution in [3.05, 3.63) is 60.0 Å². The first-order valence-corrected chi connectivity index (χ1v) is 8.75. The van der Waals surface area contributed by atoms with Gasteiger partial charge in [-0.05, 0) is 24.6 Å². The number of furan rings is 1. The lowest BCUT2D eigenvalue weighted by Gasteiger charge is -2.14. The Labute approximate surface area is 163 Å². The van der Waals surface area contributed by atoms with Gasteiger partial charge in [0.15, 0.2) is 23.1 Å². The van der Waals surface area contributed by atoms with Crippen LogP contribution in [-0.4, -0.2) is 40.4 Å². The minimum atomic E-state index is -1.06. The lowest BCUT2D eigenvalue weighted by Crippen LogP contribution is -2.22. The van der Waals surface area contributed by atoms with Crippen LogP contribution in [0.15, 0.2) is 53.3 Å². The summed E-state index contributed by atoms with van der Waals surface area (Å²) in [6.07, 6.45) is 3.04. The van der Waals surface area contributed by atoms with E-state index in [0.717, 1.165) is 5.56 Å². The number of carbonyl (C=O) groups is 1. The molecule has 5 aromatic rings. The van der Waals surface area contributed by atoms with Crippen LogP contribution < -0.4 is 5.73 Å². The number of fused-ring (bicyclic) bond motifs is 3. The first-order chi connectivity index (χ1) is 14.0. The Bertz CT molecular complexity index is 1350. The van der Waals surface area contributed by atoms with Crippen LogP contribution in [0.1, 0.15) is 17.2 Å². The number of aryl methyl sites for hydroxylation is 1. The quantitative estimate of drug-likeness (QED) is 0.477. The van der Waals surface area contributed by atoms with Crippen molar-refractivity contribution in [1.29, 1.82) is 0 Å². The Hall–Kier alpha value is -4.21. The van der Waals surface area contributed by atoms with Crippen LogP contribution in [0.3, 0.4) is 0 Å². The van der Waals surface area contributed by atoms with Gasteiger partial charge in [-0.25, -0.2) is 14.5 Å². The van der Waals surface area contributed by atoms with Crippen molar-refractivity contribution in [3.63, 3.8) is 0 Å². The van der Waals surface area contributed by atoms with Gasteiger partial charge in [0.2, 0.25) is 11.8 Å². The van der Waals surface area contributed by atoms with E-state index >= 15 is 0 Å². The fraction of sp³-hybridized carbons (Fsp3) is 0.105. The van der Waals surface area contributed by atoms with Crippen molar-refractivity contribution in [2.24, 2.45) is 0 Å². The summed E-state index contributed by atoms with van der Waals surface area (Å²) in [5, 5.41) is 19.0. The van der Waals surface area contributed by atoms with E-state index in [0.29, 0.717) is 33.8 Å². The van der Waals surface area contributed by atoms with E-state index in [-0.39, 0.29) is 5.95 Å². The molecule has 1 unspecified atom stereocenters. The van der Waals surface area contributed by atoms with Gasteiger partial charge >= 0.3 is 5.97 Å². The van der Waals surface area contributed by atoms with Gasteiger partial charge in [-0.15, -0.1) is 5.10 Å². The van der Waals surface area contributed by atoms with E-state index in [1.807, 2.05) is 19.1 Å². The van der Waals surface area contributed by atoms with E-state index < -0.39 is 12.0 Å². The number of aliphatic carboxylic acids is 1. The molecule has 0 fully saturated rings. The predicted molar refractivity (Wildman–Crippen MR) is 103 cm³/mol. The molecule has 10 heteroatoms. The van der Waals surface area contributed by atoms with Crippen molar-refractivity contribution >= 4 is 28.6 Å². The maximum Gasteiger partial charge on any atom is 0.333 e. The van der Waals surface area contributed by atoms with Crippen molar-refractivity contribution in [2.75, 3.05) is 5.73 Å². The van der Waals surface area contributed by atoms with Crippen LogP contribution in [0.5, 0.6) is 0 Å². The highest BCUT2D eigenvalue weighted by molar-refractivity contribution is 5.91. The number of anilines is 1. The Morgan fingerprint density at radius 2 is 1.97 bits per heavy atom. The monoisotopic (exact) mass is 389 g/mol. The van der Waals surface area contributed by atoms with Gasteiger partial charge in [0.25, 0.3) is 0 Å². The third-order valence-corrected chi connectivity index (χ3v) is 4.67. The molecule has 144 valence electrons. The molecule has 0 amide bonds. The SMILES string of the molecule is Cc1ccc(C(C(=O)O)n2ncc3c2nc(N)n2nc(-c4ccco4)nc32)cc1. The molecule has 1 aromatic carbocycles. The summed E-state index contributed by atoms with van der Waals surface area (Å²) in [6, 6.07) is 9.63. The summed E-state index contributed by atoms with van der Waals surface area (Å²) in [4.78, 5) is 20.9. The second-order valence-electron chi connectivity index (χ2n) is 6.60. The predicted octanol–water partition coefficient (Wildman–Crippen LogP) is 2.30. The number of carboxylic acid groups (broad SMARTS) is 1. The second-order valence-corrected chi connectivity index (χ2v) is 6.60. The Kier molecular flexibility index (Phi) is 3.60. The second kappa shape index (κ2) is 6.16. The van der Waals surface area contributed by atoms with Crippen molar-refractivity contribution in [3.8, 4) is 11.6 Å². The third kappa shape index (κ3) is 2.61. The Morgan fingerprint density at radius 1 is 1.17 bits per heavy atom. The average Bonchev–Trinajstić information content (AvgIpc) is 3.42. The summed E-state index contributed by atoms with van der Waals surface area (Å²) < 4.78 is 8.06. The average molecular weight is 389 g/mol. The summed E-state index contributed by atoms with van der Waals surface area (Å²) in [6.45, 7) is 1.93. The van der Waals surface area contributed by atoms with Gasteiger partial charge in [-0.3, -0.25) is 0 Å². The third-order valence-electron chi connectivity index (χ3n) is 4.67. The van der Waals surface area contributed by atoms with Crippen molar-refractivity contribution in [2.45, 2.75) is 13.0 Å². The zero-order valence-electron chi connectivity index (χ0n) is 15.2. The highest BCUT2D eigenvalue weighted by Crippen LogP contribution is 2.27. The summed E-state index contributed by atoms with van der Waals surface area (Å²) in [5.74, 6) is -0.168. The van der Waals surface area contributed by atoms with Crippen molar-refractivity contribution < 1.29 is 14.3 Å². The van der Waals surface area contributed by atoms with Gasteiger partial charge in [-0.2, -0.15) is 14.6 Å². The van der Waals surface area contributed by atoms with Crippen LogP contribution in [0, 0.1) is 6.92 Å². The number of hydrogen-bond acceptors (Lipinski definition) is 7. The van der Waals surface area contributed by atoms with E-state index in [1.165, 1.54) is 21.7 Å². The van der Waals surface area contributed by atoms with Gasteiger partial charge in [-0.1, -0.05) is 29.8 Å². The van der Waals surface area contributed by atoms with Crippen LogP contribution >= 0.6 is 0 Å². The molecule has 0 spiro atoms. The molecule has 1 atom stereocenters. The highest BCUT2D eigenvalue weighted by atomic mass is 16.4. The van der Waals surface area contributed by atoms with E-state index in [4.69, 9.17) is 10.2 Å². The number of rotatable bonds is 4. The summed E-state index contributed by atoms with van der Waals surface area (Å²) >= 11 is 0. The molecule has 3 N–H and O–H groups in total. The van der Waals surface area contributed by atoms with Gasteiger partial charge < -0.3 is 15.3 Å². The molecular weight excluding hydrogens is 374 g/mol. The van der Waals surface area contributed by atoms with E-state index in [2.05, 4.69) is 20.2 Å². The molecule has 0 radical (unpaired) electrons. The molecule has 29 heavy (non-hydrogen) atoms. The molecule has 0 aliphatic rings. The fourth-order valence-electron chi connectivity index (χ4n) is 3.26. The topological polar surface area (TPSA) is 137 Å². The minimum Gasteiger partial charge on any atom is -0.479 e. The number of nitrogens with zero attached hydrogens (tertiary/aromatic N) is 6. The molecule has 4 heterocycles. The zero-order chi connectivity index (χ0) is 20.1. The normalized spacial score (nSPS) is 12.6. The molecule has 10 nitrogen and oxygen atoms in total. The first kappa shape index (κ1) is 16.9. The molecule has 5 rings (SSSR count). The fourth-order valence-corrected chi connectivity index (χ4v) is 3.26. The molecule has 0 bridgehead atoms. The number of nitrogens with two attached hydrogens (primary N) is 1. The first-order valence-electron chi connectivity index (χ1n) is 8.75. The van der Waals surface area contributed by atoms with Crippen LogP contribution in [-0.2, 0) is 4.79 Å². The van der Waals surface area contributed by atoms with Gasteiger partial charge in [0.1, 0.15) is 0 Å². The van der Waals surface area contributed by atoms with E-state index in [9.17, 15) is 9.90 Å². The maximum absolute atomic E-state index is 12.1. The summed E-state index contributed by atoms with van der Waals surface area (Å²) in [7, 11) is 0. The number of benzene rings is 1. The highest BCUT2D eigenvalue weighted by Gasteiger charge is 2.27. The maximum atomic E-state index is 12.1. The van der Waals surface area contributed by atoms with Crippen LogP contribution in [0.2, 0.25) is 0 Å². The minimum absolute atomic E-state index is 0.0626. The van der Waals surface area contributed by atoms with Gasteiger partial charge in [0.05, 0.1) is 17.8 Å². The molecule has 0 saturated carbocycles. The number of aromatic nitrogens is 6. The number of nitrogen functional groups attached to an aromatic ring is 1. The smallest absolute Gasteiger partial charge is 0.333 e. The lowest BCUT2D eigenvalue weighted by molar-refractivity contribution is -0.139. The largest absolute Gasteiger partial charge is 0.479 e. The molecular formula is C19H15N7O3.